The van der Waals surface area contributed by atoms with E-state index in [1.807, 2.05) is 25.3 Å². The summed E-state index contributed by atoms with van der Waals surface area (Å²) in [6.45, 7) is 4.03. The fourth-order valence-electron chi connectivity index (χ4n) is 4.19. The number of hydrogen-bond acceptors (Lipinski definition) is 5. The van der Waals surface area contributed by atoms with Gasteiger partial charge in [-0.25, -0.2) is 9.97 Å². The summed E-state index contributed by atoms with van der Waals surface area (Å²) in [7, 11) is 3.25. The van der Waals surface area contributed by atoms with Crippen LogP contribution >= 0.6 is 0 Å². The molecule has 0 amide bonds. The molecule has 0 radical (unpaired) electrons. The maximum Gasteiger partial charge on any atom is 0.162 e. The lowest BCUT2D eigenvalue weighted by atomic mass is 9.99. The van der Waals surface area contributed by atoms with Crippen LogP contribution in [0.4, 0.5) is 5.82 Å². The second-order valence-corrected chi connectivity index (χ2v) is 8.11. The average Bonchev–Trinajstić information content (AvgIpc) is 3.31. The number of aryl methyl sites for hydroxylation is 1. The van der Waals surface area contributed by atoms with E-state index in [9.17, 15) is 0 Å². The molecule has 0 aliphatic rings. The molecule has 0 spiro atoms. The van der Waals surface area contributed by atoms with Gasteiger partial charge in [0, 0.05) is 29.2 Å². The number of fused-ring (bicyclic) bond motifs is 2. The van der Waals surface area contributed by atoms with Gasteiger partial charge in [0.25, 0.3) is 0 Å². The van der Waals surface area contributed by atoms with E-state index in [0.717, 1.165) is 22.2 Å². The number of hydrogen-bond donors (Lipinski definition) is 2. The summed E-state index contributed by atoms with van der Waals surface area (Å²) in [4.78, 5) is 12.5. The predicted octanol–water partition coefficient (Wildman–Crippen LogP) is 6.28. The van der Waals surface area contributed by atoms with E-state index in [1.54, 1.807) is 14.2 Å². The molecule has 5 rings (SSSR count). The molecule has 166 valence electrons. The van der Waals surface area contributed by atoms with E-state index >= 15 is 0 Å². The largest absolute Gasteiger partial charge is 0.493 e. The number of aromatic nitrogens is 3. The van der Waals surface area contributed by atoms with Gasteiger partial charge < -0.3 is 19.8 Å². The van der Waals surface area contributed by atoms with E-state index < -0.39 is 0 Å². The Morgan fingerprint density at radius 3 is 2.48 bits per heavy atom. The molecule has 6 nitrogen and oxygen atoms in total. The van der Waals surface area contributed by atoms with Gasteiger partial charge in [0.05, 0.1) is 19.7 Å². The van der Waals surface area contributed by atoms with Crippen LogP contribution in [-0.4, -0.2) is 29.2 Å². The molecule has 2 aromatic heterocycles. The SMILES string of the molecule is COc1cc2nc(C)nc(NC(C)c3cccc(-c4ccc5[nH]ccc5c4)c3)c2cc1OC. The molecular formula is C27H26N4O2. The fraction of sp³-hybridized carbons (Fsp3) is 0.185. The number of H-pyrrole nitrogens is 1. The second kappa shape index (κ2) is 8.47. The van der Waals surface area contributed by atoms with E-state index in [1.165, 1.54) is 22.1 Å². The zero-order chi connectivity index (χ0) is 22.9. The minimum absolute atomic E-state index is 0.0338. The van der Waals surface area contributed by atoms with Gasteiger partial charge in [-0.15, -0.1) is 0 Å². The molecule has 0 bridgehead atoms. The van der Waals surface area contributed by atoms with Crippen LogP contribution in [0, 0.1) is 6.92 Å². The van der Waals surface area contributed by atoms with Gasteiger partial charge >= 0.3 is 0 Å². The lowest BCUT2D eigenvalue weighted by Gasteiger charge is -2.18. The molecule has 0 saturated heterocycles. The molecule has 5 aromatic rings. The minimum Gasteiger partial charge on any atom is -0.493 e. The third-order valence-corrected chi connectivity index (χ3v) is 5.94. The number of nitrogens with zero attached hydrogens (tertiary/aromatic N) is 2. The van der Waals surface area contributed by atoms with Gasteiger partial charge in [0.15, 0.2) is 11.5 Å². The smallest absolute Gasteiger partial charge is 0.162 e. The summed E-state index contributed by atoms with van der Waals surface area (Å²) in [6, 6.07) is 21.0. The van der Waals surface area contributed by atoms with Crippen molar-refractivity contribution in [3.8, 4) is 22.6 Å². The minimum atomic E-state index is 0.0338. The van der Waals surface area contributed by atoms with Crippen LogP contribution in [0.5, 0.6) is 11.5 Å². The summed E-state index contributed by atoms with van der Waals surface area (Å²) in [5.74, 6) is 2.76. The topological polar surface area (TPSA) is 72.1 Å². The first kappa shape index (κ1) is 20.8. The first-order valence-electron chi connectivity index (χ1n) is 10.9. The van der Waals surface area contributed by atoms with Crippen molar-refractivity contribution in [1.29, 1.82) is 0 Å². The Balaban J connectivity index is 1.49. The van der Waals surface area contributed by atoms with Crippen LogP contribution in [0.1, 0.15) is 24.4 Å². The van der Waals surface area contributed by atoms with Gasteiger partial charge in [-0.1, -0.05) is 24.3 Å². The summed E-state index contributed by atoms with van der Waals surface area (Å²) in [5, 5.41) is 5.68. The van der Waals surface area contributed by atoms with E-state index in [4.69, 9.17) is 9.47 Å². The van der Waals surface area contributed by atoms with Crippen molar-refractivity contribution in [2.24, 2.45) is 0 Å². The number of anilines is 1. The molecule has 1 unspecified atom stereocenters. The molecule has 2 heterocycles. The highest BCUT2D eigenvalue weighted by Crippen LogP contribution is 2.35. The van der Waals surface area contributed by atoms with Crippen LogP contribution in [0.2, 0.25) is 0 Å². The van der Waals surface area contributed by atoms with Crippen LogP contribution in [0.15, 0.2) is 66.9 Å². The zero-order valence-electron chi connectivity index (χ0n) is 19.1. The first-order chi connectivity index (χ1) is 16.1. The normalized spacial score (nSPS) is 12.1. The van der Waals surface area contributed by atoms with Crippen molar-refractivity contribution in [3.05, 3.63) is 78.2 Å². The first-order valence-corrected chi connectivity index (χ1v) is 10.9. The summed E-state index contributed by atoms with van der Waals surface area (Å²) < 4.78 is 10.9. The average molecular weight is 439 g/mol. The molecular weight excluding hydrogens is 412 g/mol. The molecule has 0 saturated carbocycles. The Morgan fingerprint density at radius 1 is 0.879 bits per heavy atom. The Labute approximate surface area is 192 Å². The van der Waals surface area contributed by atoms with Gasteiger partial charge in [-0.3, -0.25) is 0 Å². The van der Waals surface area contributed by atoms with Crippen LogP contribution in [0.3, 0.4) is 0 Å². The lowest BCUT2D eigenvalue weighted by Crippen LogP contribution is -2.10. The molecule has 0 fully saturated rings. The second-order valence-electron chi connectivity index (χ2n) is 8.11. The van der Waals surface area contributed by atoms with Crippen molar-refractivity contribution < 1.29 is 9.47 Å². The van der Waals surface area contributed by atoms with E-state index in [2.05, 4.69) is 75.7 Å². The maximum atomic E-state index is 5.50. The molecule has 33 heavy (non-hydrogen) atoms. The van der Waals surface area contributed by atoms with Crippen LogP contribution < -0.4 is 14.8 Å². The third-order valence-electron chi connectivity index (χ3n) is 5.94. The molecule has 2 N–H and O–H groups in total. The van der Waals surface area contributed by atoms with Crippen molar-refractivity contribution >= 4 is 27.6 Å². The lowest BCUT2D eigenvalue weighted by molar-refractivity contribution is 0.356. The highest BCUT2D eigenvalue weighted by atomic mass is 16.5. The van der Waals surface area contributed by atoms with Crippen LogP contribution in [0.25, 0.3) is 32.9 Å². The van der Waals surface area contributed by atoms with E-state index in [0.29, 0.717) is 17.3 Å². The Kier molecular flexibility index (Phi) is 5.34. The van der Waals surface area contributed by atoms with Gasteiger partial charge in [-0.2, -0.15) is 0 Å². The van der Waals surface area contributed by atoms with Crippen molar-refractivity contribution in [2.75, 3.05) is 19.5 Å². The highest BCUT2D eigenvalue weighted by molar-refractivity contribution is 5.92. The third kappa shape index (κ3) is 3.96. The zero-order valence-corrected chi connectivity index (χ0v) is 19.1. The van der Waals surface area contributed by atoms with Crippen molar-refractivity contribution in [1.82, 2.24) is 15.0 Å². The number of nitrogens with one attached hydrogen (secondary N) is 2. The Bertz CT molecular complexity index is 1460. The number of benzene rings is 3. The summed E-state index contributed by atoms with van der Waals surface area (Å²) in [5.41, 5.74) is 5.49. The molecule has 6 heteroatoms. The predicted molar refractivity (Wildman–Crippen MR) is 133 cm³/mol. The molecule has 0 aliphatic heterocycles. The van der Waals surface area contributed by atoms with E-state index in [-0.39, 0.29) is 6.04 Å². The van der Waals surface area contributed by atoms with Gasteiger partial charge in [0.2, 0.25) is 0 Å². The Hall–Kier alpha value is -4.06. The quantitative estimate of drug-likeness (QED) is 0.327. The molecule has 3 aromatic carbocycles. The molecule has 1 atom stereocenters. The van der Waals surface area contributed by atoms with Crippen molar-refractivity contribution in [2.45, 2.75) is 19.9 Å². The number of rotatable bonds is 6. The van der Waals surface area contributed by atoms with Crippen LogP contribution in [-0.2, 0) is 0 Å². The summed E-state index contributed by atoms with van der Waals surface area (Å²) >= 11 is 0. The van der Waals surface area contributed by atoms with Gasteiger partial charge in [-0.05, 0) is 66.3 Å². The number of ether oxygens (including phenoxy) is 2. The molecule has 0 aliphatic carbocycles. The monoisotopic (exact) mass is 438 g/mol. The standard InChI is InChI=1S/C27H26N4O2/c1-16(18-6-5-7-19(12-18)20-8-9-23-21(13-20)10-11-28-23)29-27-22-14-25(32-3)26(33-4)15-24(22)30-17(2)31-27/h5-16,28H,1-4H3,(H,29,30,31). The Morgan fingerprint density at radius 2 is 1.67 bits per heavy atom. The highest BCUT2D eigenvalue weighted by Gasteiger charge is 2.15. The fourth-order valence-corrected chi connectivity index (χ4v) is 4.19. The van der Waals surface area contributed by atoms with Crippen molar-refractivity contribution in [3.63, 3.8) is 0 Å². The number of aromatic amines is 1. The maximum absolute atomic E-state index is 5.50. The van der Waals surface area contributed by atoms with Gasteiger partial charge in [0.1, 0.15) is 11.6 Å². The summed E-state index contributed by atoms with van der Waals surface area (Å²) in [6.07, 6.45) is 1.97. The number of methoxy groups -OCH3 is 2.